The fourth-order valence-electron chi connectivity index (χ4n) is 3.08. The van der Waals surface area contributed by atoms with E-state index in [0.717, 1.165) is 10.0 Å². The van der Waals surface area contributed by atoms with Gasteiger partial charge in [0.1, 0.15) is 5.60 Å². The number of hydrogen-bond acceptors (Lipinski definition) is 3. The highest BCUT2D eigenvalue weighted by molar-refractivity contribution is 9.10. The monoisotopic (exact) mass is 349 g/mol. The first-order valence-electron chi connectivity index (χ1n) is 6.96. The molecular formula is C17H20BrNO2. The molecule has 4 heteroatoms. The maximum absolute atomic E-state index is 12.6. The van der Waals surface area contributed by atoms with E-state index in [4.69, 9.17) is 4.74 Å². The van der Waals surface area contributed by atoms with Crippen LogP contribution in [-0.2, 0) is 9.53 Å². The van der Waals surface area contributed by atoms with Crippen molar-refractivity contribution in [3.8, 4) is 6.07 Å². The van der Waals surface area contributed by atoms with Gasteiger partial charge in [-0.1, -0.05) is 41.9 Å². The Morgan fingerprint density at radius 3 is 2.24 bits per heavy atom. The summed E-state index contributed by atoms with van der Waals surface area (Å²) in [6, 6.07) is 10.0. The zero-order valence-corrected chi connectivity index (χ0v) is 14.6. The maximum atomic E-state index is 12.6. The van der Waals surface area contributed by atoms with Crippen molar-refractivity contribution in [3.63, 3.8) is 0 Å². The van der Waals surface area contributed by atoms with E-state index in [1.807, 2.05) is 58.9 Å². The van der Waals surface area contributed by atoms with Crippen LogP contribution in [0.3, 0.4) is 0 Å². The van der Waals surface area contributed by atoms with Gasteiger partial charge in [-0.15, -0.1) is 0 Å². The Morgan fingerprint density at radius 2 is 1.81 bits per heavy atom. The van der Waals surface area contributed by atoms with Crippen molar-refractivity contribution in [1.29, 1.82) is 5.26 Å². The Hall–Kier alpha value is -1.34. The molecule has 1 aliphatic rings. The SMILES string of the molecule is CC(C)(C)OC(=O)[C@]1(C#N)[C@@H](c2ccc(Br)cc2)C1(C)C. The molecule has 112 valence electrons. The van der Waals surface area contributed by atoms with Crippen LogP contribution in [0.4, 0.5) is 0 Å². The Labute approximate surface area is 134 Å². The highest BCUT2D eigenvalue weighted by Gasteiger charge is 2.78. The summed E-state index contributed by atoms with van der Waals surface area (Å²) in [6.45, 7) is 9.36. The molecule has 1 aliphatic carbocycles. The summed E-state index contributed by atoms with van der Waals surface area (Å²) in [4.78, 5) is 12.6. The summed E-state index contributed by atoms with van der Waals surface area (Å²) in [5, 5.41) is 9.69. The maximum Gasteiger partial charge on any atom is 0.328 e. The van der Waals surface area contributed by atoms with Gasteiger partial charge in [-0.25, -0.2) is 0 Å². The van der Waals surface area contributed by atoms with Crippen molar-refractivity contribution >= 4 is 21.9 Å². The van der Waals surface area contributed by atoms with Crippen LogP contribution in [0, 0.1) is 22.2 Å². The van der Waals surface area contributed by atoms with Crippen molar-refractivity contribution in [2.24, 2.45) is 10.8 Å². The Bertz CT molecular complexity index is 607. The number of carbonyl (C=O) groups excluding carboxylic acids is 1. The molecule has 21 heavy (non-hydrogen) atoms. The van der Waals surface area contributed by atoms with Crippen molar-refractivity contribution < 1.29 is 9.53 Å². The molecular weight excluding hydrogens is 330 g/mol. The molecule has 1 aromatic carbocycles. The quantitative estimate of drug-likeness (QED) is 0.742. The third-order valence-electron chi connectivity index (χ3n) is 4.19. The predicted octanol–water partition coefficient (Wildman–Crippen LogP) is 4.42. The molecule has 0 saturated heterocycles. The average molecular weight is 350 g/mol. The van der Waals surface area contributed by atoms with Crippen LogP contribution < -0.4 is 0 Å². The van der Waals surface area contributed by atoms with Gasteiger partial charge in [0.2, 0.25) is 0 Å². The van der Waals surface area contributed by atoms with Gasteiger partial charge in [0.25, 0.3) is 0 Å². The largest absolute Gasteiger partial charge is 0.459 e. The molecule has 0 heterocycles. The van der Waals surface area contributed by atoms with Crippen LogP contribution in [-0.4, -0.2) is 11.6 Å². The van der Waals surface area contributed by atoms with Crippen molar-refractivity contribution in [2.45, 2.75) is 46.1 Å². The molecule has 0 aromatic heterocycles. The first-order valence-corrected chi connectivity index (χ1v) is 7.76. The van der Waals surface area contributed by atoms with E-state index in [0.29, 0.717) is 0 Å². The number of hydrogen-bond donors (Lipinski definition) is 0. The fourth-order valence-corrected chi connectivity index (χ4v) is 3.34. The molecule has 0 aliphatic heterocycles. The molecule has 2 atom stereocenters. The lowest BCUT2D eigenvalue weighted by atomic mass is 9.97. The van der Waals surface area contributed by atoms with Crippen molar-refractivity contribution in [3.05, 3.63) is 34.3 Å². The molecule has 1 aromatic rings. The smallest absolute Gasteiger partial charge is 0.328 e. The predicted molar refractivity (Wildman–Crippen MR) is 84.6 cm³/mol. The second kappa shape index (κ2) is 4.84. The number of benzene rings is 1. The minimum Gasteiger partial charge on any atom is -0.459 e. The van der Waals surface area contributed by atoms with Crippen LogP contribution in [0.2, 0.25) is 0 Å². The molecule has 0 N–H and O–H groups in total. The lowest BCUT2D eigenvalue weighted by molar-refractivity contribution is -0.160. The van der Waals surface area contributed by atoms with E-state index in [2.05, 4.69) is 22.0 Å². The molecule has 0 bridgehead atoms. The number of carbonyl (C=O) groups is 1. The van der Waals surface area contributed by atoms with Gasteiger partial charge in [0.05, 0.1) is 6.07 Å². The van der Waals surface area contributed by atoms with Gasteiger partial charge >= 0.3 is 5.97 Å². The summed E-state index contributed by atoms with van der Waals surface area (Å²) < 4.78 is 6.47. The number of ether oxygens (including phenoxy) is 1. The average Bonchev–Trinajstić information content (AvgIpc) is 2.86. The number of nitrogens with zero attached hydrogens (tertiary/aromatic N) is 1. The molecule has 0 unspecified atom stereocenters. The number of halogens is 1. The van der Waals surface area contributed by atoms with Gasteiger partial charge in [0, 0.05) is 15.8 Å². The molecule has 2 rings (SSSR count). The summed E-state index contributed by atoms with van der Waals surface area (Å²) in [5.74, 6) is -0.562. The number of rotatable bonds is 2. The summed E-state index contributed by atoms with van der Waals surface area (Å²) in [7, 11) is 0. The lowest BCUT2D eigenvalue weighted by Crippen LogP contribution is -2.31. The fraction of sp³-hybridized carbons (Fsp3) is 0.529. The van der Waals surface area contributed by atoms with E-state index in [9.17, 15) is 10.1 Å². The highest BCUT2D eigenvalue weighted by atomic mass is 79.9. The van der Waals surface area contributed by atoms with E-state index >= 15 is 0 Å². The van der Waals surface area contributed by atoms with Crippen LogP contribution in [0.15, 0.2) is 28.7 Å². The van der Waals surface area contributed by atoms with Gasteiger partial charge in [-0.2, -0.15) is 5.26 Å². The van der Waals surface area contributed by atoms with Gasteiger partial charge in [-0.05, 0) is 38.5 Å². The summed E-state index contributed by atoms with van der Waals surface area (Å²) >= 11 is 3.40. The van der Waals surface area contributed by atoms with Crippen molar-refractivity contribution in [2.75, 3.05) is 0 Å². The summed E-state index contributed by atoms with van der Waals surface area (Å²) in [6.07, 6.45) is 0. The molecule has 0 spiro atoms. The second-order valence-corrected chi connectivity index (χ2v) is 8.04. The van der Waals surface area contributed by atoms with Crippen LogP contribution in [0.5, 0.6) is 0 Å². The Kier molecular flexibility index (Phi) is 3.70. The first kappa shape index (κ1) is 16.0. The molecule has 1 fully saturated rings. The van der Waals surface area contributed by atoms with E-state index < -0.39 is 22.4 Å². The standard InChI is InChI=1S/C17H20BrNO2/c1-15(2,3)21-14(20)17(10-19)13(16(17,4)5)11-6-8-12(18)9-7-11/h6-9,13H,1-5H3/t13-,17-/m0/s1. The minimum atomic E-state index is -1.10. The third kappa shape index (κ3) is 2.48. The zero-order chi connectivity index (χ0) is 16.1. The van der Waals surface area contributed by atoms with Crippen LogP contribution in [0.25, 0.3) is 0 Å². The highest BCUT2D eigenvalue weighted by Crippen LogP contribution is 2.74. The summed E-state index contributed by atoms with van der Waals surface area (Å²) in [5.41, 5.74) is -1.13. The zero-order valence-electron chi connectivity index (χ0n) is 13.0. The Balaban J connectivity index is 2.39. The second-order valence-electron chi connectivity index (χ2n) is 7.13. The third-order valence-corrected chi connectivity index (χ3v) is 4.72. The Morgan fingerprint density at radius 1 is 1.29 bits per heavy atom. The van der Waals surface area contributed by atoms with E-state index in [1.54, 1.807) is 0 Å². The van der Waals surface area contributed by atoms with Crippen molar-refractivity contribution in [1.82, 2.24) is 0 Å². The van der Waals surface area contributed by atoms with Crippen LogP contribution in [0.1, 0.15) is 46.1 Å². The van der Waals surface area contributed by atoms with Crippen LogP contribution >= 0.6 is 15.9 Å². The number of nitriles is 1. The molecule has 0 amide bonds. The normalized spacial score (nSPS) is 26.8. The van der Waals surface area contributed by atoms with Gasteiger partial charge < -0.3 is 4.74 Å². The molecule has 0 radical (unpaired) electrons. The molecule has 1 saturated carbocycles. The van der Waals surface area contributed by atoms with Gasteiger partial charge in [-0.3, -0.25) is 4.79 Å². The first-order chi connectivity index (χ1) is 9.56. The number of esters is 1. The minimum absolute atomic E-state index is 0.141. The van der Waals surface area contributed by atoms with E-state index in [1.165, 1.54) is 0 Å². The van der Waals surface area contributed by atoms with Gasteiger partial charge in [0.15, 0.2) is 5.41 Å². The molecule has 3 nitrogen and oxygen atoms in total. The van der Waals surface area contributed by atoms with E-state index in [-0.39, 0.29) is 5.92 Å². The lowest BCUT2D eigenvalue weighted by Gasteiger charge is -2.22. The topological polar surface area (TPSA) is 50.1 Å².